The van der Waals surface area contributed by atoms with Crippen molar-refractivity contribution in [3.05, 3.63) is 29.6 Å². The van der Waals surface area contributed by atoms with Gasteiger partial charge in [0.05, 0.1) is 0 Å². The Kier molecular flexibility index (Phi) is 2.96. The van der Waals surface area contributed by atoms with E-state index in [-0.39, 0.29) is 5.82 Å². The number of hydrogen-bond acceptors (Lipinski definition) is 2. The van der Waals surface area contributed by atoms with Crippen LogP contribution in [-0.2, 0) is 6.42 Å². The second-order valence-electron chi connectivity index (χ2n) is 3.54. The number of hydrogen-bond donors (Lipinski definition) is 1. The molecule has 0 unspecified atom stereocenters. The molecule has 0 aliphatic carbocycles. The molecular weight excluding hydrogens is 197 g/mol. The van der Waals surface area contributed by atoms with Crippen LogP contribution in [0.25, 0.3) is 0 Å². The molecule has 0 radical (unpaired) electrons. The first kappa shape index (κ1) is 9.84. The minimum Gasteiger partial charge on any atom is -0.381 e. The van der Waals surface area contributed by atoms with E-state index in [0.717, 1.165) is 17.7 Å². The lowest BCUT2D eigenvalue weighted by Gasteiger charge is -2.27. The smallest absolute Gasteiger partial charge is 0.126 e. The normalized spacial score (nSPS) is 16.4. The maximum absolute atomic E-state index is 13.2. The first-order chi connectivity index (χ1) is 6.79. The number of nitrogens with one attached hydrogen (secondary N) is 1. The van der Waals surface area contributed by atoms with E-state index in [1.54, 1.807) is 6.07 Å². The second kappa shape index (κ2) is 4.22. The van der Waals surface area contributed by atoms with Crippen molar-refractivity contribution in [3.63, 3.8) is 0 Å². The maximum Gasteiger partial charge on any atom is 0.126 e. The highest BCUT2D eigenvalue weighted by atomic mass is 32.2. The number of halogens is 1. The zero-order valence-electron chi connectivity index (χ0n) is 8.22. The molecule has 2 rings (SSSR count). The van der Waals surface area contributed by atoms with E-state index in [1.807, 2.05) is 30.8 Å². The Morgan fingerprint density at radius 3 is 2.86 bits per heavy atom. The molecule has 14 heavy (non-hydrogen) atoms. The van der Waals surface area contributed by atoms with Gasteiger partial charge >= 0.3 is 0 Å². The summed E-state index contributed by atoms with van der Waals surface area (Å²) in [5, 5.41) is 3.39. The Morgan fingerprint density at radius 1 is 1.50 bits per heavy atom. The predicted molar refractivity (Wildman–Crippen MR) is 60.5 cm³/mol. The third-order valence-electron chi connectivity index (χ3n) is 2.44. The summed E-state index contributed by atoms with van der Waals surface area (Å²) in [5.41, 5.74) is 1.84. The lowest BCUT2D eigenvalue weighted by molar-refractivity contribution is 0.612. The van der Waals surface area contributed by atoms with E-state index in [1.165, 1.54) is 11.5 Å². The van der Waals surface area contributed by atoms with Gasteiger partial charge in [-0.15, -0.1) is 0 Å². The van der Waals surface area contributed by atoms with Crippen molar-refractivity contribution in [1.82, 2.24) is 0 Å². The van der Waals surface area contributed by atoms with Crippen molar-refractivity contribution in [2.24, 2.45) is 0 Å². The minimum atomic E-state index is -0.0963. The van der Waals surface area contributed by atoms with Gasteiger partial charge in [0.1, 0.15) is 5.82 Å². The number of aryl methyl sites for hydroxylation is 1. The largest absolute Gasteiger partial charge is 0.381 e. The highest BCUT2D eigenvalue weighted by Crippen LogP contribution is 2.23. The molecule has 0 amide bonds. The van der Waals surface area contributed by atoms with Gasteiger partial charge < -0.3 is 5.32 Å². The molecule has 1 fully saturated rings. The zero-order chi connectivity index (χ0) is 9.97. The lowest BCUT2D eigenvalue weighted by atomic mass is 10.1. The number of benzene rings is 1. The van der Waals surface area contributed by atoms with Crippen LogP contribution in [0.2, 0.25) is 0 Å². The first-order valence-electron chi connectivity index (χ1n) is 4.92. The summed E-state index contributed by atoms with van der Waals surface area (Å²) in [5.74, 6) is 2.23. The van der Waals surface area contributed by atoms with Crippen molar-refractivity contribution in [2.75, 3.05) is 16.8 Å². The molecular formula is C11H14FNS. The third kappa shape index (κ3) is 2.03. The van der Waals surface area contributed by atoms with E-state index in [9.17, 15) is 4.39 Å². The van der Waals surface area contributed by atoms with Crippen LogP contribution in [0.4, 0.5) is 10.1 Å². The average Bonchev–Trinajstić information content (AvgIpc) is 2.14. The van der Waals surface area contributed by atoms with Crippen molar-refractivity contribution in [1.29, 1.82) is 0 Å². The summed E-state index contributed by atoms with van der Waals surface area (Å²) in [6.07, 6.45) is 0.751. The second-order valence-corrected chi connectivity index (χ2v) is 4.61. The Morgan fingerprint density at radius 2 is 2.29 bits per heavy atom. The standard InChI is InChI=1S/C11H14FNS/c1-2-8-5-9(3-4-11(8)12)13-10-6-14-7-10/h3-5,10,13H,2,6-7H2,1H3. The Hall–Kier alpha value is -0.700. The summed E-state index contributed by atoms with van der Waals surface area (Å²) >= 11 is 1.94. The fourth-order valence-corrected chi connectivity index (χ4v) is 2.13. The van der Waals surface area contributed by atoms with Crippen LogP contribution in [0.3, 0.4) is 0 Å². The van der Waals surface area contributed by atoms with Gasteiger partial charge in [0.25, 0.3) is 0 Å². The predicted octanol–water partition coefficient (Wildman–Crippen LogP) is 2.92. The molecule has 1 aliphatic heterocycles. The average molecular weight is 211 g/mol. The molecule has 0 atom stereocenters. The highest BCUT2D eigenvalue weighted by Gasteiger charge is 2.17. The summed E-state index contributed by atoms with van der Waals surface area (Å²) in [7, 11) is 0. The van der Waals surface area contributed by atoms with Gasteiger partial charge in [-0.3, -0.25) is 0 Å². The van der Waals surface area contributed by atoms with Crippen LogP contribution in [0, 0.1) is 5.82 Å². The van der Waals surface area contributed by atoms with Crippen LogP contribution >= 0.6 is 11.8 Å². The van der Waals surface area contributed by atoms with E-state index >= 15 is 0 Å². The van der Waals surface area contributed by atoms with Crippen LogP contribution in [0.5, 0.6) is 0 Å². The Bertz CT molecular complexity index is 323. The van der Waals surface area contributed by atoms with Crippen LogP contribution in [-0.4, -0.2) is 17.5 Å². The fourth-order valence-electron chi connectivity index (χ4n) is 1.49. The molecule has 1 aromatic rings. The molecule has 1 heterocycles. The summed E-state index contributed by atoms with van der Waals surface area (Å²) in [4.78, 5) is 0. The Labute approximate surface area is 88.1 Å². The monoisotopic (exact) mass is 211 g/mol. The summed E-state index contributed by atoms with van der Waals surface area (Å²) < 4.78 is 13.2. The lowest BCUT2D eigenvalue weighted by Crippen LogP contribution is -2.33. The first-order valence-corrected chi connectivity index (χ1v) is 6.07. The van der Waals surface area contributed by atoms with E-state index < -0.39 is 0 Å². The number of rotatable bonds is 3. The molecule has 3 heteroatoms. The van der Waals surface area contributed by atoms with Gasteiger partial charge in [-0.1, -0.05) is 6.92 Å². The van der Waals surface area contributed by atoms with Gasteiger partial charge in [-0.2, -0.15) is 11.8 Å². The van der Waals surface area contributed by atoms with Crippen molar-refractivity contribution >= 4 is 17.4 Å². The van der Waals surface area contributed by atoms with Gasteiger partial charge in [0, 0.05) is 23.2 Å². The topological polar surface area (TPSA) is 12.0 Å². The molecule has 1 N–H and O–H groups in total. The summed E-state index contributed by atoms with van der Waals surface area (Å²) in [6, 6.07) is 5.86. The SMILES string of the molecule is CCc1cc(NC2CSC2)ccc1F. The summed E-state index contributed by atoms with van der Waals surface area (Å²) in [6.45, 7) is 1.97. The van der Waals surface area contributed by atoms with Gasteiger partial charge in [0.2, 0.25) is 0 Å². The highest BCUT2D eigenvalue weighted by molar-refractivity contribution is 8.00. The Balaban J connectivity index is 2.09. The maximum atomic E-state index is 13.2. The van der Waals surface area contributed by atoms with Crippen LogP contribution in [0.15, 0.2) is 18.2 Å². The van der Waals surface area contributed by atoms with E-state index in [4.69, 9.17) is 0 Å². The van der Waals surface area contributed by atoms with E-state index in [0.29, 0.717) is 6.04 Å². The molecule has 0 saturated carbocycles. The van der Waals surface area contributed by atoms with Gasteiger partial charge in [-0.25, -0.2) is 4.39 Å². The molecule has 1 saturated heterocycles. The third-order valence-corrected chi connectivity index (χ3v) is 3.71. The molecule has 0 spiro atoms. The zero-order valence-corrected chi connectivity index (χ0v) is 9.03. The van der Waals surface area contributed by atoms with E-state index in [2.05, 4.69) is 5.32 Å². The quantitative estimate of drug-likeness (QED) is 0.825. The van der Waals surface area contributed by atoms with Crippen LogP contribution < -0.4 is 5.32 Å². The fraction of sp³-hybridized carbons (Fsp3) is 0.455. The van der Waals surface area contributed by atoms with Gasteiger partial charge in [-0.05, 0) is 30.2 Å². The minimum absolute atomic E-state index is 0.0963. The molecule has 0 bridgehead atoms. The molecule has 1 aromatic carbocycles. The van der Waals surface area contributed by atoms with Crippen LogP contribution in [0.1, 0.15) is 12.5 Å². The van der Waals surface area contributed by atoms with Crippen molar-refractivity contribution < 1.29 is 4.39 Å². The number of anilines is 1. The van der Waals surface area contributed by atoms with Gasteiger partial charge in [0.15, 0.2) is 0 Å². The molecule has 0 aromatic heterocycles. The molecule has 1 aliphatic rings. The molecule has 1 nitrogen and oxygen atoms in total. The molecule has 76 valence electrons. The van der Waals surface area contributed by atoms with Crippen molar-refractivity contribution in [3.8, 4) is 0 Å². The van der Waals surface area contributed by atoms with Crippen molar-refractivity contribution in [2.45, 2.75) is 19.4 Å². The number of thioether (sulfide) groups is 1.